The number of aliphatic imine (C=N–C) groups is 1. The number of fused-ring (bicyclic) bond motifs is 2. The molecule has 4 N–H and O–H groups in total. The van der Waals surface area contributed by atoms with Gasteiger partial charge in [0.1, 0.15) is 6.10 Å². The molecule has 2 aromatic rings. The van der Waals surface area contributed by atoms with E-state index in [0.29, 0.717) is 5.17 Å². The fourth-order valence-corrected chi connectivity index (χ4v) is 5.20. The number of hydrogen-bond acceptors (Lipinski definition) is 6. The van der Waals surface area contributed by atoms with Gasteiger partial charge in [-0.25, -0.2) is 0 Å². The fraction of sp³-hybridized carbons (Fsp3) is 0.333. The van der Waals surface area contributed by atoms with Crippen LogP contribution in [0.4, 0.5) is 5.69 Å². The molecule has 2 aromatic carbocycles. The predicted octanol–water partition coefficient (Wildman–Crippen LogP) is 1.58. The second-order valence-corrected chi connectivity index (χ2v) is 8.15. The van der Waals surface area contributed by atoms with Crippen molar-refractivity contribution in [3.05, 3.63) is 42.5 Å². The van der Waals surface area contributed by atoms with Crippen molar-refractivity contribution in [2.45, 2.75) is 29.9 Å². The van der Waals surface area contributed by atoms with Crippen molar-refractivity contribution in [3.63, 3.8) is 0 Å². The summed E-state index contributed by atoms with van der Waals surface area (Å²) in [4.78, 5) is 17.1. The lowest BCUT2D eigenvalue weighted by Gasteiger charge is -2.37. The van der Waals surface area contributed by atoms with E-state index in [1.165, 1.54) is 11.8 Å². The molecule has 144 valence electrons. The summed E-state index contributed by atoms with van der Waals surface area (Å²) in [6.07, 6.45) is 3.41. The van der Waals surface area contributed by atoms with Crippen LogP contribution in [0.5, 0.6) is 0 Å². The van der Waals surface area contributed by atoms with Gasteiger partial charge in [-0.1, -0.05) is 54.1 Å². The van der Waals surface area contributed by atoms with Gasteiger partial charge < -0.3 is 20.8 Å². The van der Waals surface area contributed by atoms with Gasteiger partial charge in [0, 0.05) is 16.3 Å². The Balaban J connectivity index is 1.58. The average molecular weight is 395 g/mol. The minimum atomic E-state index is -0.999. The Morgan fingerprint density at radius 3 is 2.86 bits per heavy atom. The lowest BCUT2D eigenvalue weighted by Crippen LogP contribution is -2.54. The van der Waals surface area contributed by atoms with Gasteiger partial charge in [-0.2, -0.15) is 0 Å². The van der Waals surface area contributed by atoms with Crippen molar-refractivity contribution in [2.75, 3.05) is 11.9 Å². The summed E-state index contributed by atoms with van der Waals surface area (Å²) >= 11 is 1.43. The molecule has 1 amide bonds. The molecule has 0 aromatic heterocycles. The second kappa shape index (κ2) is 7.84. The molecule has 0 radical (unpaired) electrons. The monoisotopic (exact) mass is 395 g/mol. The van der Waals surface area contributed by atoms with Crippen LogP contribution in [0.25, 0.3) is 10.8 Å². The van der Waals surface area contributed by atoms with E-state index in [1.54, 1.807) is 0 Å². The first-order valence-corrected chi connectivity index (χ1v) is 10.0. The third-order valence-electron chi connectivity index (χ3n) is 5.22. The van der Waals surface area contributed by atoms with Crippen LogP contribution < -0.4 is 10.6 Å². The summed E-state index contributed by atoms with van der Waals surface area (Å²) in [6.45, 7) is 0.137. The molecule has 1 heterocycles. The Hall–Kier alpha value is -2.53. The van der Waals surface area contributed by atoms with Gasteiger partial charge in [-0.3, -0.25) is 9.79 Å². The summed E-state index contributed by atoms with van der Waals surface area (Å²) in [5, 5.41) is 29.2. The molecule has 1 aliphatic carbocycles. The third kappa shape index (κ3) is 3.47. The quantitative estimate of drug-likeness (QED) is 0.592. The number of aliphatic hydroxyl groups excluding tert-OH is 2. The van der Waals surface area contributed by atoms with Crippen LogP contribution >= 0.6 is 11.8 Å². The van der Waals surface area contributed by atoms with E-state index in [-0.39, 0.29) is 24.1 Å². The number of anilines is 1. The third-order valence-corrected chi connectivity index (χ3v) is 6.53. The maximum Gasteiger partial charge on any atom is 0.225 e. The van der Waals surface area contributed by atoms with Crippen molar-refractivity contribution in [3.8, 4) is 12.3 Å². The van der Waals surface area contributed by atoms with Gasteiger partial charge in [-0.15, -0.1) is 6.42 Å². The molecule has 5 atom stereocenters. The topological polar surface area (TPSA) is 94.0 Å². The molecule has 0 saturated heterocycles. The number of aliphatic hydroxyl groups is 2. The molecule has 0 bridgehead atoms. The molecule has 0 spiro atoms. The zero-order chi connectivity index (χ0) is 19.7. The molecular weight excluding hydrogens is 374 g/mol. The maximum atomic E-state index is 12.5. The number of amidine groups is 1. The van der Waals surface area contributed by atoms with Gasteiger partial charge in [0.2, 0.25) is 5.91 Å². The predicted molar refractivity (Wildman–Crippen MR) is 112 cm³/mol. The van der Waals surface area contributed by atoms with Crippen molar-refractivity contribution in [1.29, 1.82) is 0 Å². The molecule has 28 heavy (non-hydrogen) atoms. The van der Waals surface area contributed by atoms with E-state index in [1.807, 2.05) is 42.5 Å². The number of carbonyl (C=O) groups is 1. The Kier molecular flexibility index (Phi) is 5.27. The van der Waals surface area contributed by atoms with Crippen LogP contribution in [0.1, 0.15) is 6.42 Å². The van der Waals surface area contributed by atoms with E-state index < -0.39 is 24.2 Å². The Labute approximate surface area is 167 Å². The highest BCUT2D eigenvalue weighted by molar-refractivity contribution is 8.15. The van der Waals surface area contributed by atoms with Crippen LogP contribution in [0.2, 0.25) is 0 Å². The largest absolute Gasteiger partial charge is 0.390 e. The van der Waals surface area contributed by atoms with E-state index in [4.69, 9.17) is 6.42 Å². The molecule has 2 aliphatic rings. The van der Waals surface area contributed by atoms with E-state index >= 15 is 0 Å². The fourth-order valence-electron chi connectivity index (χ4n) is 3.83. The highest BCUT2D eigenvalue weighted by Gasteiger charge is 2.50. The smallest absolute Gasteiger partial charge is 0.225 e. The van der Waals surface area contributed by atoms with Crippen molar-refractivity contribution in [2.24, 2.45) is 10.9 Å². The highest BCUT2D eigenvalue weighted by atomic mass is 32.2. The van der Waals surface area contributed by atoms with Crippen LogP contribution in [-0.4, -0.2) is 51.3 Å². The van der Waals surface area contributed by atoms with Crippen LogP contribution in [0.3, 0.4) is 0 Å². The molecule has 7 heteroatoms. The van der Waals surface area contributed by atoms with E-state index in [9.17, 15) is 15.0 Å². The minimum absolute atomic E-state index is 0.137. The number of carbonyl (C=O) groups excluding carboxylic acids is 1. The van der Waals surface area contributed by atoms with Crippen LogP contribution in [0, 0.1) is 18.3 Å². The van der Waals surface area contributed by atoms with Crippen molar-refractivity contribution in [1.82, 2.24) is 5.32 Å². The number of thioether (sulfide) groups is 1. The van der Waals surface area contributed by atoms with Crippen LogP contribution in [-0.2, 0) is 4.79 Å². The van der Waals surface area contributed by atoms with E-state index in [0.717, 1.165) is 16.5 Å². The van der Waals surface area contributed by atoms with Crippen molar-refractivity contribution < 1.29 is 15.0 Å². The molecule has 1 aliphatic heterocycles. The summed E-state index contributed by atoms with van der Waals surface area (Å²) in [7, 11) is 0. The maximum absolute atomic E-state index is 12.5. The zero-order valence-corrected chi connectivity index (χ0v) is 15.9. The van der Waals surface area contributed by atoms with Crippen LogP contribution in [0.15, 0.2) is 47.5 Å². The normalized spacial score (nSPS) is 28.9. The first kappa shape index (κ1) is 18.8. The Morgan fingerprint density at radius 2 is 2.04 bits per heavy atom. The lowest BCUT2D eigenvalue weighted by atomic mass is 9.81. The molecule has 0 unspecified atom stereocenters. The van der Waals surface area contributed by atoms with E-state index in [2.05, 4.69) is 21.5 Å². The van der Waals surface area contributed by atoms with Gasteiger partial charge in [0.15, 0.2) is 5.17 Å². The zero-order valence-electron chi connectivity index (χ0n) is 15.1. The number of benzene rings is 2. The number of hydrogen-bond donors (Lipinski definition) is 4. The molecule has 1 fully saturated rings. The SMILES string of the molecule is C#CCNC(=O)[C@@H]1C[C@@H](O)[C@H](O)[C@H]2N=C(Nc3cccc4ccccc34)S[C@@H]21. The van der Waals surface area contributed by atoms with Gasteiger partial charge in [-0.05, 0) is 17.9 Å². The minimum Gasteiger partial charge on any atom is -0.390 e. The van der Waals surface area contributed by atoms with Gasteiger partial charge >= 0.3 is 0 Å². The standard InChI is InChI=1S/C21H21N3O3S/c1-2-10-22-20(27)14-11-16(25)18(26)17-19(14)28-21(24-17)23-15-9-5-7-12-6-3-4-8-13(12)15/h1,3-9,14,16-19,25-26H,10-11H2,(H,22,27)(H,23,24)/t14-,16-,17-,18+,19-/m1/s1. The van der Waals surface area contributed by atoms with Gasteiger partial charge in [0.05, 0.1) is 24.6 Å². The lowest BCUT2D eigenvalue weighted by molar-refractivity contribution is -0.129. The first-order valence-electron chi connectivity index (χ1n) is 9.15. The highest BCUT2D eigenvalue weighted by Crippen LogP contribution is 2.41. The average Bonchev–Trinajstić information content (AvgIpc) is 3.13. The molecule has 4 rings (SSSR count). The Morgan fingerprint density at radius 1 is 1.25 bits per heavy atom. The van der Waals surface area contributed by atoms with Gasteiger partial charge in [0.25, 0.3) is 0 Å². The number of rotatable bonds is 3. The second-order valence-electron chi connectivity index (χ2n) is 6.98. The Bertz CT molecular complexity index is 966. The first-order chi connectivity index (χ1) is 13.6. The number of terminal acetylenes is 1. The summed E-state index contributed by atoms with van der Waals surface area (Å²) in [5.74, 6) is 1.69. The molecule has 1 saturated carbocycles. The molecule has 6 nitrogen and oxygen atoms in total. The summed E-state index contributed by atoms with van der Waals surface area (Å²) in [5.41, 5.74) is 0.909. The summed E-state index contributed by atoms with van der Waals surface area (Å²) in [6, 6.07) is 13.4. The number of amides is 1. The molecular formula is C21H21N3O3S. The number of nitrogens with zero attached hydrogens (tertiary/aromatic N) is 1. The van der Waals surface area contributed by atoms with Crippen molar-refractivity contribution >= 4 is 39.3 Å². The number of nitrogens with one attached hydrogen (secondary N) is 2. The summed E-state index contributed by atoms with van der Waals surface area (Å²) < 4.78 is 0.